The van der Waals surface area contributed by atoms with Gasteiger partial charge >= 0.3 is 5.97 Å². The molecule has 1 N–H and O–H groups in total. The number of aromatic carboxylic acids is 1. The van der Waals surface area contributed by atoms with E-state index >= 15 is 0 Å². The van der Waals surface area contributed by atoms with Crippen molar-refractivity contribution in [1.29, 1.82) is 0 Å². The van der Waals surface area contributed by atoms with E-state index in [0.717, 1.165) is 12.5 Å². The Bertz CT molecular complexity index is 726. The Morgan fingerprint density at radius 1 is 1.25 bits per heavy atom. The van der Waals surface area contributed by atoms with Crippen LogP contribution in [0.1, 0.15) is 27.3 Å². The van der Waals surface area contributed by atoms with Gasteiger partial charge in [0.05, 0.1) is 11.1 Å². The van der Waals surface area contributed by atoms with E-state index in [1.165, 1.54) is 18.2 Å². The van der Waals surface area contributed by atoms with Gasteiger partial charge in [-0.05, 0) is 24.6 Å². The van der Waals surface area contributed by atoms with E-state index in [0.29, 0.717) is 18.5 Å². The number of carboxylic acids is 1. The molecule has 1 amide bonds. The van der Waals surface area contributed by atoms with Crippen molar-refractivity contribution in [3.8, 4) is 0 Å². The maximum atomic E-state index is 13.3. The number of halogens is 1. The number of aromatic nitrogens is 1. The van der Waals surface area contributed by atoms with Gasteiger partial charge in [-0.25, -0.2) is 14.2 Å². The number of hydrogen-bond donors (Lipinski definition) is 1. The average Bonchev–Trinajstić information content (AvgIpc) is 2.34. The molecule has 1 aromatic carbocycles. The monoisotopic (exact) mass is 274 g/mol. The SMILES string of the molecule is O=C(O)c1cc(C(=O)N2CCC2)nc2cc(F)ccc12. The number of carbonyl (C=O) groups excluding carboxylic acids is 1. The van der Waals surface area contributed by atoms with Crippen LogP contribution in [0.25, 0.3) is 10.9 Å². The summed E-state index contributed by atoms with van der Waals surface area (Å²) in [6.45, 7) is 1.29. The zero-order chi connectivity index (χ0) is 14.3. The van der Waals surface area contributed by atoms with Crippen LogP contribution in [-0.4, -0.2) is 40.0 Å². The molecule has 5 nitrogen and oxygen atoms in total. The number of benzene rings is 1. The number of likely N-dealkylation sites (tertiary alicyclic amines) is 1. The van der Waals surface area contributed by atoms with E-state index in [1.54, 1.807) is 4.90 Å². The van der Waals surface area contributed by atoms with E-state index in [9.17, 15) is 19.1 Å². The molecule has 0 bridgehead atoms. The van der Waals surface area contributed by atoms with Crippen molar-refractivity contribution in [2.75, 3.05) is 13.1 Å². The highest BCUT2D eigenvalue weighted by atomic mass is 19.1. The lowest BCUT2D eigenvalue weighted by molar-refractivity contribution is 0.0646. The van der Waals surface area contributed by atoms with Crippen LogP contribution in [0.2, 0.25) is 0 Å². The van der Waals surface area contributed by atoms with Gasteiger partial charge in [0.15, 0.2) is 0 Å². The molecule has 0 saturated carbocycles. The Morgan fingerprint density at radius 3 is 2.60 bits per heavy atom. The van der Waals surface area contributed by atoms with Gasteiger partial charge in [0.25, 0.3) is 5.91 Å². The predicted molar refractivity (Wildman–Crippen MR) is 69.2 cm³/mol. The van der Waals surface area contributed by atoms with Crippen LogP contribution >= 0.6 is 0 Å². The second-order valence-corrected chi connectivity index (χ2v) is 4.67. The normalized spacial score (nSPS) is 14.2. The highest BCUT2D eigenvalue weighted by Crippen LogP contribution is 2.21. The fraction of sp³-hybridized carbons (Fsp3) is 0.214. The lowest BCUT2D eigenvalue weighted by Crippen LogP contribution is -2.42. The Labute approximate surface area is 113 Å². The minimum atomic E-state index is -1.17. The molecular weight excluding hydrogens is 263 g/mol. The molecule has 0 atom stereocenters. The molecule has 6 heteroatoms. The molecule has 1 aromatic heterocycles. The van der Waals surface area contributed by atoms with Crippen LogP contribution in [0, 0.1) is 5.82 Å². The number of carboxylic acid groups (broad SMARTS) is 1. The Balaban J connectivity index is 2.18. The summed E-state index contributed by atoms with van der Waals surface area (Å²) in [7, 11) is 0. The van der Waals surface area contributed by atoms with Gasteiger partial charge in [0.2, 0.25) is 0 Å². The van der Waals surface area contributed by atoms with Crippen LogP contribution in [0.5, 0.6) is 0 Å². The van der Waals surface area contributed by atoms with Crippen molar-refractivity contribution in [1.82, 2.24) is 9.88 Å². The van der Waals surface area contributed by atoms with Crippen molar-refractivity contribution >= 4 is 22.8 Å². The van der Waals surface area contributed by atoms with Gasteiger partial charge < -0.3 is 10.0 Å². The summed E-state index contributed by atoms with van der Waals surface area (Å²) in [6.07, 6.45) is 0.930. The molecule has 20 heavy (non-hydrogen) atoms. The first kappa shape index (κ1) is 12.5. The highest BCUT2D eigenvalue weighted by molar-refractivity contribution is 6.05. The van der Waals surface area contributed by atoms with Gasteiger partial charge in [-0.3, -0.25) is 4.79 Å². The standard InChI is InChI=1S/C14H11FN2O3/c15-8-2-3-9-10(14(19)20)7-12(16-11(9)6-8)13(18)17-4-1-5-17/h2-3,6-7H,1,4-5H2,(H,19,20). The second-order valence-electron chi connectivity index (χ2n) is 4.67. The van der Waals surface area contributed by atoms with Gasteiger partial charge in [-0.2, -0.15) is 0 Å². The number of nitrogens with zero attached hydrogens (tertiary/aromatic N) is 2. The number of carbonyl (C=O) groups is 2. The number of pyridine rings is 1. The van der Waals surface area contributed by atoms with Crippen LogP contribution in [0.4, 0.5) is 4.39 Å². The summed E-state index contributed by atoms with van der Waals surface area (Å²) in [5.74, 6) is -2.00. The summed E-state index contributed by atoms with van der Waals surface area (Å²) in [5, 5.41) is 9.54. The number of rotatable bonds is 2. The molecule has 1 aliphatic rings. The summed E-state index contributed by atoms with van der Waals surface area (Å²) in [4.78, 5) is 29.1. The van der Waals surface area contributed by atoms with Crippen LogP contribution in [0.3, 0.4) is 0 Å². The van der Waals surface area contributed by atoms with Crippen molar-refractivity contribution in [2.45, 2.75) is 6.42 Å². The molecule has 0 unspecified atom stereocenters. The van der Waals surface area contributed by atoms with E-state index in [-0.39, 0.29) is 22.7 Å². The lowest BCUT2D eigenvalue weighted by atomic mass is 10.1. The molecule has 3 rings (SSSR count). The third-order valence-corrected chi connectivity index (χ3v) is 3.36. The second kappa shape index (κ2) is 4.56. The van der Waals surface area contributed by atoms with Crippen molar-refractivity contribution in [3.05, 3.63) is 41.3 Å². The van der Waals surface area contributed by atoms with E-state index < -0.39 is 11.8 Å². The maximum absolute atomic E-state index is 13.3. The topological polar surface area (TPSA) is 70.5 Å². The molecule has 0 aliphatic carbocycles. The first-order valence-corrected chi connectivity index (χ1v) is 6.19. The zero-order valence-corrected chi connectivity index (χ0v) is 10.5. The van der Waals surface area contributed by atoms with E-state index in [4.69, 9.17) is 0 Å². The smallest absolute Gasteiger partial charge is 0.336 e. The third-order valence-electron chi connectivity index (χ3n) is 3.36. The van der Waals surface area contributed by atoms with Gasteiger partial charge in [-0.15, -0.1) is 0 Å². The average molecular weight is 274 g/mol. The largest absolute Gasteiger partial charge is 0.478 e. The molecule has 102 valence electrons. The Kier molecular flexibility index (Phi) is 2.85. The van der Waals surface area contributed by atoms with Crippen LogP contribution in [-0.2, 0) is 0 Å². The van der Waals surface area contributed by atoms with E-state index in [1.807, 2.05) is 0 Å². The van der Waals surface area contributed by atoms with Gasteiger partial charge in [0.1, 0.15) is 11.5 Å². The highest BCUT2D eigenvalue weighted by Gasteiger charge is 2.24. The van der Waals surface area contributed by atoms with Gasteiger partial charge in [-0.1, -0.05) is 0 Å². The molecule has 2 aromatic rings. The minimum Gasteiger partial charge on any atom is -0.478 e. The van der Waals surface area contributed by atoms with Crippen molar-refractivity contribution < 1.29 is 19.1 Å². The summed E-state index contributed by atoms with van der Waals surface area (Å²) < 4.78 is 13.3. The third kappa shape index (κ3) is 1.99. The Hall–Kier alpha value is -2.50. The summed E-state index contributed by atoms with van der Waals surface area (Å²) in [6, 6.07) is 4.92. The predicted octanol–water partition coefficient (Wildman–Crippen LogP) is 1.92. The fourth-order valence-corrected chi connectivity index (χ4v) is 2.17. The molecule has 1 saturated heterocycles. The Morgan fingerprint density at radius 2 is 2.00 bits per heavy atom. The van der Waals surface area contributed by atoms with Crippen molar-refractivity contribution in [3.63, 3.8) is 0 Å². The minimum absolute atomic E-state index is 0.0419. The maximum Gasteiger partial charge on any atom is 0.336 e. The molecule has 0 spiro atoms. The quantitative estimate of drug-likeness (QED) is 0.908. The summed E-state index contributed by atoms with van der Waals surface area (Å²) >= 11 is 0. The molecular formula is C14H11FN2O3. The zero-order valence-electron chi connectivity index (χ0n) is 10.5. The molecule has 1 aliphatic heterocycles. The lowest BCUT2D eigenvalue weighted by Gasteiger charge is -2.30. The number of amides is 1. The fourth-order valence-electron chi connectivity index (χ4n) is 2.17. The number of fused-ring (bicyclic) bond motifs is 1. The molecule has 1 fully saturated rings. The van der Waals surface area contributed by atoms with Gasteiger partial charge in [0, 0.05) is 24.5 Å². The molecule has 2 heterocycles. The van der Waals surface area contributed by atoms with Crippen LogP contribution in [0.15, 0.2) is 24.3 Å². The van der Waals surface area contributed by atoms with Crippen LogP contribution < -0.4 is 0 Å². The van der Waals surface area contributed by atoms with Crippen molar-refractivity contribution in [2.24, 2.45) is 0 Å². The first-order valence-electron chi connectivity index (χ1n) is 6.19. The first-order chi connectivity index (χ1) is 9.56. The molecule has 0 radical (unpaired) electrons. The van der Waals surface area contributed by atoms with E-state index in [2.05, 4.69) is 4.98 Å². The summed E-state index contributed by atoms with van der Waals surface area (Å²) in [5.41, 5.74) is 0.174. The number of hydrogen-bond acceptors (Lipinski definition) is 3.